The summed E-state index contributed by atoms with van der Waals surface area (Å²) in [6.07, 6.45) is -4.62. The smallest absolute Gasteiger partial charge is 0.308 e. The predicted molar refractivity (Wildman–Crippen MR) is 310 cm³/mol. The minimum atomic E-state index is -4.62. The Morgan fingerprint density at radius 1 is 0.329 bits per heavy atom. The van der Waals surface area contributed by atoms with Crippen LogP contribution >= 0.6 is 0 Å². The van der Waals surface area contributed by atoms with E-state index in [0.717, 1.165) is 139 Å². The highest BCUT2D eigenvalue weighted by Crippen LogP contribution is 2.46. The first-order chi connectivity index (χ1) is 36.5. The first kappa shape index (κ1) is 48.0. The molecule has 12 aromatic rings. The fourth-order valence-electron chi connectivity index (χ4n) is 12.0. The molecule has 0 saturated carbocycles. The molecule has 370 valence electrons. The van der Waals surface area contributed by atoms with Crippen molar-refractivity contribution in [2.24, 2.45) is 0 Å². The second-order valence-electron chi connectivity index (χ2n) is 21.2. The number of rotatable bonds is 7. The zero-order valence-corrected chi connectivity index (χ0v) is 43.8. The van der Waals surface area contributed by atoms with Crippen molar-refractivity contribution < 1.29 is 13.2 Å². The number of nitrogens with zero attached hydrogens (tertiary/aromatic N) is 3. The van der Waals surface area contributed by atoms with E-state index < -0.39 is 11.7 Å². The van der Waals surface area contributed by atoms with Crippen molar-refractivity contribution in [1.82, 2.24) is 9.13 Å². The van der Waals surface area contributed by atoms with E-state index in [-0.39, 0.29) is 0 Å². The summed E-state index contributed by atoms with van der Waals surface area (Å²) in [5.41, 5.74) is 23.0. The van der Waals surface area contributed by atoms with Gasteiger partial charge in [-0.15, -0.1) is 0 Å². The summed E-state index contributed by atoms with van der Waals surface area (Å²) in [6, 6.07) is 64.0. The molecule has 0 aliphatic heterocycles. The molecule has 0 amide bonds. The van der Waals surface area contributed by atoms with Crippen molar-refractivity contribution in [2.45, 2.75) is 61.6 Å². The van der Waals surface area contributed by atoms with Crippen LogP contribution in [0.4, 0.5) is 13.2 Å². The van der Waals surface area contributed by atoms with Crippen LogP contribution in [-0.4, -0.2) is 9.13 Å². The van der Waals surface area contributed by atoms with Crippen molar-refractivity contribution in [3.05, 3.63) is 238 Å². The van der Waals surface area contributed by atoms with Gasteiger partial charge >= 0.3 is 6.18 Å². The van der Waals surface area contributed by atoms with Crippen LogP contribution in [0.2, 0.25) is 0 Å². The summed E-state index contributed by atoms with van der Waals surface area (Å²) in [5.74, 6) is 0. The molecule has 12 rings (SSSR count). The number of aromatic nitrogens is 2. The maximum atomic E-state index is 15.0. The van der Waals surface area contributed by atoms with Crippen molar-refractivity contribution in [2.75, 3.05) is 0 Å². The number of halogens is 3. The lowest BCUT2D eigenvalue weighted by Gasteiger charge is -2.21. The van der Waals surface area contributed by atoms with Gasteiger partial charge in [0, 0.05) is 27.1 Å². The van der Waals surface area contributed by atoms with Crippen LogP contribution < -0.4 is 0 Å². The van der Waals surface area contributed by atoms with E-state index in [1.54, 1.807) is 6.07 Å². The molecule has 0 atom stereocenters. The van der Waals surface area contributed by atoms with E-state index in [1.165, 1.54) is 12.1 Å². The maximum absolute atomic E-state index is 15.0. The second-order valence-corrected chi connectivity index (χ2v) is 21.2. The minimum absolute atomic E-state index is 0.364. The van der Waals surface area contributed by atoms with E-state index in [2.05, 4.69) is 216 Å². The minimum Gasteiger partial charge on any atom is -0.308 e. The highest BCUT2D eigenvalue weighted by Gasteiger charge is 2.32. The average molecular weight is 994 g/mol. The predicted octanol–water partition coefficient (Wildman–Crippen LogP) is 19.6. The molecule has 6 heteroatoms. The second kappa shape index (κ2) is 18.2. The molecule has 0 radical (unpaired) electrons. The standard InChI is InChI=1S/C70H54F3N3/c1-40-20-41(2)25-54(24-40)49-12-16-63-59(35-49)60-36-50(55-26-42(3)21-43(4)27-55)13-17-64(60)75(63)67-32-48(39-74)33-68(69(67)53-10-9-11-58(34-53)70(71,72)73)76-65-18-14-51(56-28-44(5)22-45(6)29-56)37-61(65)62-38-52(15-19-66(62)76)57-30-46(7)23-47(8)31-57/h9-38H,1-8H3. The van der Waals surface area contributed by atoms with Gasteiger partial charge in [-0.3, -0.25) is 0 Å². The summed E-state index contributed by atoms with van der Waals surface area (Å²) < 4.78 is 49.4. The van der Waals surface area contributed by atoms with Gasteiger partial charge in [0.15, 0.2) is 0 Å². The summed E-state index contributed by atoms with van der Waals surface area (Å²) in [6.45, 7) is 16.9. The fourth-order valence-corrected chi connectivity index (χ4v) is 12.0. The maximum Gasteiger partial charge on any atom is 0.416 e. The lowest BCUT2D eigenvalue weighted by Crippen LogP contribution is -2.07. The highest BCUT2D eigenvalue weighted by atomic mass is 19.4. The van der Waals surface area contributed by atoms with Crippen LogP contribution in [0, 0.1) is 66.7 Å². The van der Waals surface area contributed by atoms with Crippen LogP contribution in [0.5, 0.6) is 0 Å². The molecule has 0 saturated heterocycles. The summed E-state index contributed by atoms with van der Waals surface area (Å²) in [7, 11) is 0. The van der Waals surface area contributed by atoms with Gasteiger partial charge in [0.05, 0.1) is 50.6 Å². The Labute approximate surface area is 441 Å². The lowest BCUT2D eigenvalue weighted by atomic mass is 9.96. The van der Waals surface area contributed by atoms with E-state index in [1.807, 2.05) is 12.1 Å². The number of fused-ring (bicyclic) bond motifs is 6. The zero-order chi connectivity index (χ0) is 52.9. The molecule has 3 nitrogen and oxygen atoms in total. The summed E-state index contributed by atoms with van der Waals surface area (Å²) in [5, 5.41) is 15.1. The molecule has 76 heavy (non-hydrogen) atoms. The van der Waals surface area contributed by atoms with Gasteiger partial charge in [-0.05, 0) is 178 Å². The van der Waals surface area contributed by atoms with Crippen molar-refractivity contribution >= 4 is 43.6 Å². The van der Waals surface area contributed by atoms with Gasteiger partial charge in [-0.25, -0.2) is 0 Å². The molecule has 0 fully saturated rings. The Kier molecular flexibility index (Phi) is 11.5. The molecule has 2 aromatic heterocycles. The Bertz CT molecular complexity index is 3890. The monoisotopic (exact) mass is 993 g/mol. The van der Waals surface area contributed by atoms with Gasteiger partial charge in [-0.2, -0.15) is 18.4 Å². The number of nitriles is 1. The van der Waals surface area contributed by atoms with Crippen LogP contribution in [0.1, 0.15) is 55.6 Å². The van der Waals surface area contributed by atoms with Crippen molar-refractivity contribution in [1.29, 1.82) is 5.26 Å². The normalized spacial score (nSPS) is 11.9. The highest BCUT2D eigenvalue weighted by molar-refractivity contribution is 6.14. The number of aryl methyl sites for hydroxylation is 8. The number of hydrogen-bond acceptors (Lipinski definition) is 1. The molecule has 0 aliphatic rings. The first-order valence-electron chi connectivity index (χ1n) is 25.7. The topological polar surface area (TPSA) is 33.6 Å². The van der Waals surface area contributed by atoms with Crippen LogP contribution in [0.15, 0.2) is 182 Å². The van der Waals surface area contributed by atoms with Gasteiger partial charge in [0.25, 0.3) is 0 Å². The Hall–Kier alpha value is -8.92. The zero-order valence-electron chi connectivity index (χ0n) is 43.8. The SMILES string of the molecule is Cc1cc(C)cc(-c2ccc3c(c2)c2cc(-c4cc(C)cc(C)c4)ccc2n3-c2cc(C#N)cc(-n3c4ccc(-c5cc(C)cc(C)c5)cc4c4cc(-c5cc(C)cc(C)c5)ccc43)c2-c2cccc(C(F)(F)F)c2)c1. The van der Waals surface area contributed by atoms with Gasteiger partial charge < -0.3 is 9.13 Å². The van der Waals surface area contributed by atoms with Crippen LogP contribution in [0.25, 0.3) is 111 Å². The number of alkyl halides is 3. The summed E-state index contributed by atoms with van der Waals surface area (Å²) in [4.78, 5) is 0. The molecule has 0 unspecified atom stereocenters. The molecular formula is C70H54F3N3. The Morgan fingerprint density at radius 3 is 0.908 bits per heavy atom. The van der Waals surface area contributed by atoms with Crippen LogP contribution in [-0.2, 0) is 6.18 Å². The molecule has 0 N–H and O–H groups in total. The van der Waals surface area contributed by atoms with Gasteiger partial charge in [0.2, 0.25) is 0 Å². The van der Waals surface area contributed by atoms with Gasteiger partial charge in [0.1, 0.15) is 0 Å². The largest absolute Gasteiger partial charge is 0.416 e. The van der Waals surface area contributed by atoms with E-state index >= 15 is 13.2 Å². The number of benzene rings is 10. The van der Waals surface area contributed by atoms with E-state index in [4.69, 9.17) is 0 Å². The Balaban J connectivity index is 1.21. The van der Waals surface area contributed by atoms with E-state index in [9.17, 15) is 5.26 Å². The first-order valence-corrected chi connectivity index (χ1v) is 25.7. The number of hydrogen-bond donors (Lipinski definition) is 0. The third kappa shape index (κ3) is 8.52. The molecule has 2 heterocycles. The van der Waals surface area contributed by atoms with Gasteiger partial charge in [-0.1, -0.05) is 154 Å². The molecular weight excluding hydrogens is 940 g/mol. The fraction of sp³-hybridized carbons (Fsp3) is 0.129. The summed E-state index contributed by atoms with van der Waals surface area (Å²) >= 11 is 0. The molecule has 10 aromatic carbocycles. The Morgan fingerprint density at radius 2 is 0.632 bits per heavy atom. The average Bonchev–Trinajstić information content (AvgIpc) is 3.95. The molecule has 0 spiro atoms. The lowest BCUT2D eigenvalue weighted by molar-refractivity contribution is -0.137. The quantitative estimate of drug-likeness (QED) is 0.157. The third-order valence-electron chi connectivity index (χ3n) is 14.9. The van der Waals surface area contributed by atoms with Crippen molar-refractivity contribution in [3.63, 3.8) is 0 Å². The third-order valence-corrected chi connectivity index (χ3v) is 14.9. The van der Waals surface area contributed by atoms with E-state index in [0.29, 0.717) is 28.1 Å². The van der Waals surface area contributed by atoms with Crippen LogP contribution in [0.3, 0.4) is 0 Å². The molecule has 0 aliphatic carbocycles. The van der Waals surface area contributed by atoms with Crippen molar-refractivity contribution in [3.8, 4) is 73.1 Å². The molecule has 0 bridgehead atoms.